The van der Waals surface area contributed by atoms with Gasteiger partial charge in [0.15, 0.2) is 5.69 Å². The molecular formula is C17H18ClN7O3. The molecule has 0 aliphatic carbocycles. The predicted octanol–water partition coefficient (Wildman–Crippen LogP) is 1.13. The summed E-state index contributed by atoms with van der Waals surface area (Å²) in [7, 11) is 0. The van der Waals surface area contributed by atoms with Crippen LogP contribution in [0, 0.1) is 0 Å². The molecule has 0 saturated carbocycles. The number of amides is 1. The minimum Gasteiger partial charge on any atom is -0.476 e. The number of aromatic nitrogens is 5. The number of aromatic carboxylic acids is 1. The molecule has 1 fully saturated rings. The fraction of sp³-hybridized carbons (Fsp3) is 0.235. The number of nitrogens with one attached hydrogen (secondary N) is 2. The van der Waals surface area contributed by atoms with E-state index in [0.29, 0.717) is 18.7 Å². The number of halogens is 1. The Balaban J connectivity index is 0.00000225. The molecule has 4 rings (SSSR count). The van der Waals surface area contributed by atoms with Crippen LogP contribution >= 0.6 is 12.4 Å². The van der Waals surface area contributed by atoms with Crippen molar-refractivity contribution >= 4 is 30.0 Å². The zero-order valence-corrected chi connectivity index (χ0v) is 15.4. The lowest BCUT2D eigenvalue weighted by molar-refractivity contribution is -0.117. The Labute approximate surface area is 166 Å². The van der Waals surface area contributed by atoms with Gasteiger partial charge in [-0.2, -0.15) is 5.10 Å². The molecule has 0 bridgehead atoms. The average Bonchev–Trinajstić information content (AvgIpc) is 3.42. The zero-order valence-electron chi connectivity index (χ0n) is 14.6. The van der Waals surface area contributed by atoms with Gasteiger partial charge < -0.3 is 15.7 Å². The second-order valence-electron chi connectivity index (χ2n) is 6.23. The molecule has 3 aromatic rings. The monoisotopic (exact) mass is 403 g/mol. The molecule has 28 heavy (non-hydrogen) atoms. The molecule has 1 saturated heterocycles. The molecule has 3 heterocycles. The summed E-state index contributed by atoms with van der Waals surface area (Å²) in [6.45, 7) is 0.508. The molecule has 0 spiro atoms. The Hall–Kier alpha value is -3.24. The van der Waals surface area contributed by atoms with Gasteiger partial charge in [-0.1, -0.05) is 11.3 Å². The first-order chi connectivity index (χ1) is 13.1. The van der Waals surface area contributed by atoms with Crippen LogP contribution in [0.25, 0.3) is 5.69 Å². The van der Waals surface area contributed by atoms with Gasteiger partial charge in [-0.05, 0) is 30.7 Å². The highest BCUT2D eigenvalue weighted by Gasteiger charge is 2.31. The van der Waals surface area contributed by atoms with Gasteiger partial charge in [0.2, 0.25) is 5.91 Å². The number of benzene rings is 1. The van der Waals surface area contributed by atoms with Gasteiger partial charge >= 0.3 is 5.97 Å². The molecule has 1 aliphatic heterocycles. The molecule has 146 valence electrons. The fourth-order valence-electron chi connectivity index (χ4n) is 3.05. The normalized spacial score (nSPS) is 18.4. The molecule has 3 N–H and O–H groups in total. The van der Waals surface area contributed by atoms with Crippen molar-refractivity contribution in [1.29, 1.82) is 0 Å². The minimum atomic E-state index is -1.13. The molecule has 11 heteroatoms. The van der Waals surface area contributed by atoms with E-state index >= 15 is 0 Å². The van der Waals surface area contributed by atoms with Crippen molar-refractivity contribution in [2.75, 3.05) is 11.9 Å². The summed E-state index contributed by atoms with van der Waals surface area (Å²) in [4.78, 5) is 23.5. The highest BCUT2D eigenvalue weighted by Crippen LogP contribution is 2.21. The summed E-state index contributed by atoms with van der Waals surface area (Å²) in [5.41, 5.74) is 1.41. The largest absolute Gasteiger partial charge is 0.476 e. The number of carboxylic acid groups (broad SMARTS) is 1. The zero-order chi connectivity index (χ0) is 18.8. The molecule has 1 aromatic carbocycles. The van der Waals surface area contributed by atoms with E-state index in [4.69, 9.17) is 5.11 Å². The lowest BCUT2D eigenvalue weighted by Crippen LogP contribution is -2.35. The number of rotatable bonds is 5. The van der Waals surface area contributed by atoms with Crippen LogP contribution in [0.15, 0.2) is 48.9 Å². The topological polar surface area (TPSA) is 127 Å². The average molecular weight is 404 g/mol. The van der Waals surface area contributed by atoms with Gasteiger partial charge in [0.25, 0.3) is 0 Å². The van der Waals surface area contributed by atoms with Crippen molar-refractivity contribution in [2.45, 2.75) is 18.5 Å². The van der Waals surface area contributed by atoms with Gasteiger partial charge in [0.05, 0.1) is 24.0 Å². The van der Waals surface area contributed by atoms with E-state index < -0.39 is 12.0 Å². The first kappa shape index (κ1) is 19.5. The van der Waals surface area contributed by atoms with Crippen molar-refractivity contribution in [2.24, 2.45) is 0 Å². The summed E-state index contributed by atoms with van der Waals surface area (Å²) in [6, 6.07) is 8.70. The fourth-order valence-corrected chi connectivity index (χ4v) is 3.05. The smallest absolute Gasteiger partial charge is 0.358 e. The lowest BCUT2D eigenvalue weighted by Gasteiger charge is -2.12. The quantitative estimate of drug-likeness (QED) is 0.582. The van der Waals surface area contributed by atoms with Crippen LogP contribution in [0.5, 0.6) is 0 Å². The molecule has 0 radical (unpaired) electrons. The molecular weight excluding hydrogens is 386 g/mol. The molecule has 10 nitrogen and oxygen atoms in total. The molecule has 2 atom stereocenters. The van der Waals surface area contributed by atoms with E-state index in [2.05, 4.69) is 26.0 Å². The molecule has 2 aromatic heterocycles. The first-order valence-electron chi connectivity index (χ1n) is 8.39. The Morgan fingerprint density at radius 1 is 1.29 bits per heavy atom. The standard InChI is InChI=1S/C17H17N7O3.ClH/c25-16(20-11-3-1-4-12(7-11)23-6-2-5-19-23)14-8-13(9-18-14)24-10-15(17(26)27)21-22-24;/h1-7,10,13-14,18H,8-9H2,(H,20,25)(H,26,27);1H/t13-,14-;/m0./s1. The van der Waals surface area contributed by atoms with Gasteiger partial charge in [-0.15, -0.1) is 17.5 Å². The number of hydrogen-bond donors (Lipinski definition) is 3. The van der Waals surface area contributed by atoms with Crippen molar-refractivity contribution in [3.05, 3.63) is 54.6 Å². The minimum absolute atomic E-state index is 0. The Morgan fingerprint density at radius 3 is 2.86 bits per heavy atom. The van der Waals surface area contributed by atoms with Crippen molar-refractivity contribution in [3.8, 4) is 5.69 Å². The maximum Gasteiger partial charge on any atom is 0.358 e. The predicted molar refractivity (Wildman–Crippen MR) is 102 cm³/mol. The summed E-state index contributed by atoms with van der Waals surface area (Å²) < 4.78 is 3.20. The number of carbonyl (C=O) groups is 2. The SMILES string of the molecule is Cl.O=C(O)c1cn([C@@H]2CN[C@H](C(=O)Nc3cccc(-n4cccn4)c3)C2)nn1. The van der Waals surface area contributed by atoms with Crippen LogP contribution in [0.1, 0.15) is 23.0 Å². The molecule has 1 amide bonds. The first-order valence-corrected chi connectivity index (χ1v) is 8.39. The third-order valence-electron chi connectivity index (χ3n) is 4.41. The highest BCUT2D eigenvalue weighted by molar-refractivity contribution is 5.95. The van der Waals surface area contributed by atoms with Crippen LogP contribution < -0.4 is 10.6 Å². The highest BCUT2D eigenvalue weighted by atomic mass is 35.5. The van der Waals surface area contributed by atoms with E-state index in [1.165, 1.54) is 10.9 Å². The Kier molecular flexibility index (Phi) is 5.71. The molecule has 0 unspecified atom stereocenters. The van der Waals surface area contributed by atoms with Crippen LogP contribution in [0.4, 0.5) is 5.69 Å². The van der Waals surface area contributed by atoms with E-state index in [0.717, 1.165) is 5.69 Å². The summed E-state index contributed by atoms with van der Waals surface area (Å²) in [6.07, 6.45) is 5.39. The number of carboxylic acids is 1. The van der Waals surface area contributed by atoms with Gasteiger partial charge in [-0.3, -0.25) is 4.79 Å². The van der Waals surface area contributed by atoms with Crippen molar-refractivity contribution < 1.29 is 14.7 Å². The lowest BCUT2D eigenvalue weighted by atomic mass is 10.1. The Bertz CT molecular complexity index is 973. The van der Waals surface area contributed by atoms with E-state index in [1.807, 2.05) is 36.5 Å². The maximum atomic E-state index is 12.6. The number of carbonyl (C=O) groups excluding carboxylic acids is 1. The molecule has 1 aliphatic rings. The number of hydrogen-bond acceptors (Lipinski definition) is 6. The van der Waals surface area contributed by atoms with Crippen molar-refractivity contribution in [3.63, 3.8) is 0 Å². The summed E-state index contributed by atoms with van der Waals surface area (Å²) >= 11 is 0. The maximum absolute atomic E-state index is 12.6. The van der Waals surface area contributed by atoms with Crippen LogP contribution in [-0.4, -0.2) is 54.3 Å². The Morgan fingerprint density at radius 2 is 2.14 bits per heavy atom. The third kappa shape index (κ3) is 4.02. The second kappa shape index (κ2) is 8.19. The van der Waals surface area contributed by atoms with E-state index in [9.17, 15) is 9.59 Å². The van der Waals surface area contributed by atoms with Gasteiger partial charge in [0, 0.05) is 24.6 Å². The number of nitrogens with zero attached hydrogens (tertiary/aromatic N) is 5. The van der Waals surface area contributed by atoms with Crippen LogP contribution in [0.3, 0.4) is 0 Å². The summed E-state index contributed by atoms with van der Waals surface area (Å²) in [5.74, 6) is -1.28. The van der Waals surface area contributed by atoms with Gasteiger partial charge in [0.1, 0.15) is 0 Å². The third-order valence-corrected chi connectivity index (χ3v) is 4.41. The second-order valence-corrected chi connectivity index (χ2v) is 6.23. The van der Waals surface area contributed by atoms with E-state index in [1.54, 1.807) is 10.9 Å². The summed E-state index contributed by atoms with van der Waals surface area (Å²) in [5, 5.41) is 26.6. The van der Waals surface area contributed by atoms with E-state index in [-0.39, 0.29) is 30.0 Å². The van der Waals surface area contributed by atoms with Crippen molar-refractivity contribution in [1.82, 2.24) is 30.1 Å². The number of anilines is 1. The van der Waals surface area contributed by atoms with Gasteiger partial charge in [-0.25, -0.2) is 14.2 Å². The van der Waals surface area contributed by atoms with Crippen LogP contribution in [-0.2, 0) is 4.79 Å². The van der Waals surface area contributed by atoms with Crippen LogP contribution in [0.2, 0.25) is 0 Å².